The third-order valence-corrected chi connectivity index (χ3v) is 3.72. The Morgan fingerprint density at radius 3 is 3.00 bits per heavy atom. The molecule has 0 atom stereocenters. The first-order valence-electron chi connectivity index (χ1n) is 4.92. The lowest BCUT2D eigenvalue weighted by Gasteiger charge is -2.25. The topological polar surface area (TPSA) is 32.3 Å². The number of hydrogen-bond acceptors (Lipinski definition) is 2. The Kier molecular flexibility index (Phi) is 2.46. The van der Waals surface area contributed by atoms with Gasteiger partial charge in [-0.1, -0.05) is 6.92 Å². The molecular formula is C10H14N2OS. The summed E-state index contributed by atoms with van der Waals surface area (Å²) in [5.74, 6) is 0. The lowest BCUT2D eigenvalue weighted by molar-refractivity contribution is 0.210. The average Bonchev–Trinajstić information content (AvgIpc) is 2.58. The standard InChI is InChI=1S/C10H14N2OS/c1-3-7-5-8-9(14-7)6-12(4-2)10(13)11-8/h5H,3-4,6H2,1-2H3,(H,11,13). The maximum atomic E-state index is 11.5. The Bertz CT molecular complexity index is 359. The van der Waals surface area contributed by atoms with Crippen molar-refractivity contribution in [2.45, 2.75) is 26.8 Å². The van der Waals surface area contributed by atoms with Gasteiger partial charge < -0.3 is 10.2 Å². The van der Waals surface area contributed by atoms with E-state index in [9.17, 15) is 4.79 Å². The van der Waals surface area contributed by atoms with Crippen LogP contribution < -0.4 is 5.32 Å². The summed E-state index contributed by atoms with van der Waals surface area (Å²) in [5, 5.41) is 2.91. The number of nitrogens with one attached hydrogen (secondary N) is 1. The molecule has 0 radical (unpaired) electrons. The minimum Gasteiger partial charge on any atom is -0.320 e. The van der Waals surface area contributed by atoms with Crippen molar-refractivity contribution in [1.29, 1.82) is 0 Å². The van der Waals surface area contributed by atoms with E-state index in [4.69, 9.17) is 0 Å². The molecule has 1 aromatic rings. The molecule has 2 rings (SSSR count). The van der Waals surface area contributed by atoms with Gasteiger partial charge in [0.1, 0.15) is 0 Å². The van der Waals surface area contributed by atoms with Gasteiger partial charge in [0.15, 0.2) is 0 Å². The van der Waals surface area contributed by atoms with Crippen molar-refractivity contribution in [2.75, 3.05) is 11.9 Å². The average molecular weight is 210 g/mol. The predicted octanol–water partition coefficient (Wildman–Crippen LogP) is 2.68. The molecule has 4 heteroatoms. The smallest absolute Gasteiger partial charge is 0.320 e. The summed E-state index contributed by atoms with van der Waals surface area (Å²) in [6.45, 7) is 5.67. The number of rotatable bonds is 2. The fraction of sp³-hybridized carbons (Fsp3) is 0.500. The van der Waals surface area contributed by atoms with Gasteiger partial charge in [-0.25, -0.2) is 4.79 Å². The lowest BCUT2D eigenvalue weighted by Crippen LogP contribution is -2.37. The van der Waals surface area contributed by atoms with Gasteiger partial charge in [-0.15, -0.1) is 11.3 Å². The quantitative estimate of drug-likeness (QED) is 0.799. The Labute approximate surface area is 87.7 Å². The van der Waals surface area contributed by atoms with E-state index in [1.807, 2.05) is 11.8 Å². The van der Waals surface area contributed by atoms with Crippen molar-refractivity contribution in [3.05, 3.63) is 15.8 Å². The number of hydrogen-bond donors (Lipinski definition) is 1. The molecule has 1 aliphatic heterocycles. The normalized spacial score (nSPS) is 15.3. The van der Waals surface area contributed by atoms with Crippen molar-refractivity contribution in [3.8, 4) is 0 Å². The van der Waals surface area contributed by atoms with Crippen LogP contribution in [0.2, 0.25) is 0 Å². The molecule has 1 aromatic heterocycles. The molecule has 2 heterocycles. The van der Waals surface area contributed by atoms with Gasteiger partial charge in [0, 0.05) is 16.3 Å². The Balaban J connectivity index is 2.28. The second-order valence-corrected chi connectivity index (χ2v) is 4.57. The summed E-state index contributed by atoms with van der Waals surface area (Å²) in [6, 6.07) is 2.12. The first kappa shape index (κ1) is 9.52. The molecule has 76 valence electrons. The highest BCUT2D eigenvalue weighted by molar-refractivity contribution is 7.12. The van der Waals surface area contributed by atoms with E-state index in [1.54, 1.807) is 11.3 Å². The highest BCUT2D eigenvalue weighted by Gasteiger charge is 2.22. The molecule has 0 saturated heterocycles. The number of thiophene rings is 1. The Hall–Kier alpha value is -1.03. The molecule has 3 nitrogen and oxygen atoms in total. The third-order valence-electron chi connectivity index (χ3n) is 2.45. The van der Waals surface area contributed by atoms with Crippen LogP contribution in [-0.2, 0) is 13.0 Å². The summed E-state index contributed by atoms with van der Waals surface area (Å²) in [6.07, 6.45) is 1.04. The Morgan fingerprint density at radius 2 is 2.36 bits per heavy atom. The van der Waals surface area contributed by atoms with E-state index < -0.39 is 0 Å². The molecule has 0 spiro atoms. The van der Waals surface area contributed by atoms with Gasteiger partial charge in [-0.05, 0) is 19.4 Å². The van der Waals surface area contributed by atoms with Crippen LogP contribution in [0.5, 0.6) is 0 Å². The van der Waals surface area contributed by atoms with Gasteiger partial charge in [0.25, 0.3) is 0 Å². The van der Waals surface area contributed by atoms with Crippen LogP contribution in [0, 0.1) is 0 Å². The van der Waals surface area contributed by atoms with Crippen LogP contribution in [0.4, 0.5) is 10.5 Å². The summed E-state index contributed by atoms with van der Waals surface area (Å²) in [5.41, 5.74) is 1.02. The predicted molar refractivity (Wildman–Crippen MR) is 58.8 cm³/mol. The Morgan fingerprint density at radius 1 is 1.57 bits per heavy atom. The fourth-order valence-corrected chi connectivity index (χ4v) is 2.65. The summed E-state index contributed by atoms with van der Waals surface area (Å²) >= 11 is 1.80. The molecule has 14 heavy (non-hydrogen) atoms. The van der Waals surface area contributed by atoms with Gasteiger partial charge in [0.2, 0.25) is 0 Å². The van der Waals surface area contributed by atoms with Crippen molar-refractivity contribution in [3.63, 3.8) is 0 Å². The van der Waals surface area contributed by atoms with Crippen LogP contribution in [-0.4, -0.2) is 17.5 Å². The van der Waals surface area contributed by atoms with E-state index in [0.29, 0.717) is 0 Å². The summed E-state index contributed by atoms with van der Waals surface area (Å²) in [7, 11) is 0. The molecular weight excluding hydrogens is 196 g/mol. The fourth-order valence-electron chi connectivity index (χ4n) is 1.58. The molecule has 0 unspecified atom stereocenters. The zero-order chi connectivity index (χ0) is 10.1. The number of aryl methyl sites for hydroxylation is 1. The lowest BCUT2D eigenvalue weighted by atomic mass is 10.3. The largest absolute Gasteiger partial charge is 0.322 e. The van der Waals surface area contributed by atoms with Gasteiger partial charge in [-0.3, -0.25) is 0 Å². The summed E-state index contributed by atoms with van der Waals surface area (Å²) < 4.78 is 0. The molecule has 2 amide bonds. The summed E-state index contributed by atoms with van der Waals surface area (Å²) in [4.78, 5) is 15.9. The van der Waals surface area contributed by atoms with E-state index >= 15 is 0 Å². The van der Waals surface area contributed by atoms with Gasteiger partial charge in [-0.2, -0.15) is 0 Å². The minimum atomic E-state index is 0.0282. The van der Waals surface area contributed by atoms with Crippen LogP contribution >= 0.6 is 11.3 Å². The zero-order valence-electron chi connectivity index (χ0n) is 8.46. The number of amides is 2. The van der Waals surface area contributed by atoms with E-state index in [2.05, 4.69) is 18.3 Å². The monoisotopic (exact) mass is 210 g/mol. The first-order chi connectivity index (χ1) is 6.74. The van der Waals surface area contributed by atoms with Crippen LogP contribution in [0.1, 0.15) is 23.6 Å². The van der Waals surface area contributed by atoms with Gasteiger partial charge >= 0.3 is 6.03 Å². The highest BCUT2D eigenvalue weighted by atomic mass is 32.1. The number of anilines is 1. The molecule has 1 N–H and O–H groups in total. The van der Waals surface area contributed by atoms with Crippen molar-refractivity contribution < 1.29 is 4.79 Å². The molecule has 0 bridgehead atoms. The van der Waals surface area contributed by atoms with E-state index in [0.717, 1.165) is 25.2 Å². The van der Waals surface area contributed by atoms with Crippen LogP contribution in [0.3, 0.4) is 0 Å². The zero-order valence-corrected chi connectivity index (χ0v) is 9.28. The first-order valence-corrected chi connectivity index (χ1v) is 5.73. The number of fused-ring (bicyclic) bond motifs is 1. The second kappa shape index (κ2) is 3.61. The second-order valence-electron chi connectivity index (χ2n) is 3.35. The van der Waals surface area contributed by atoms with Crippen LogP contribution in [0.15, 0.2) is 6.07 Å². The number of urea groups is 1. The maximum absolute atomic E-state index is 11.5. The van der Waals surface area contributed by atoms with Crippen LogP contribution in [0.25, 0.3) is 0 Å². The van der Waals surface area contributed by atoms with E-state index in [-0.39, 0.29) is 6.03 Å². The van der Waals surface area contributed by atoms with Crippen molar-refractivity contribution in [1.82, 2.24) is 4.90 Å². The highest BCUT2D eigenvalue weighted by Crippen LogP contribution is 2.31. The van der Waals surface area contributed by atoms with Crippen molar-refractivity contribution in [2.24, 2.45) is 0 Å². The molecule has 0 saturated carbocycles. The molecule has 0 aliphatic carbocycles. The maximum Gasteiger partial charge on any atom is 0.322 e. The number of carbonyl (C=O) groups excluding carboxylic acids is 1. The van der Waals surface area contributed by atoms with E-state index in [1.165, 1.54) is 9.75 Å². The third kappa shape index (κ3) is 1.50. The SMILES string of the molecule is CCc1cc2c(s1)CN(CC)C(=O)N2. The molecule has 0 fully saturated rings. The minimum absolute atomic E-state index is 0.0282. The van der Waals surface area contributed by atoms with Crippen molar-refractivity contribution >= 4 is 23.1 Å². The number of carbonyl (C=O) groups is 1. The molecule has 1 aliphatic rings. The molecule has 0 aromatic carbocycles. The number of nitrogens with zero attached hydrogens (tertiary/aromatic N) is 1. The van der Waals surface area contributed by atoms with Gasteiger partial charge in [0.05, 0.1) is 12.2 Å².